The average Bonchev–Trinajstić information content (AvgIpc) is 2.95. The summed E-state index contributed by atoms with van der Waals surface area (Å²) < 4.78 is 27.2. The summed E-state index contributed by atoms with van der Waals surface area (Å²) >= 11 is 3.20. The van der Waals surface area contributed by atoms with Gasteiger partial charge in [-0.2, -0.15) is 0 Å². The lowest BCUT2D eigenvalue weighted by Gasteiger charge is -2.15. The van der Waals surface area contributed by atoms with Crippen molar-refractivity contribution in [3.63, 3.8) is 0 Å². The fourth-order valence-electron chi connectivity index (χ4n) is 2.18. The number of halogens is 1. The zero-order valence-electron chi connectivity index (χ0n) is 11.5. The molecule has 21 heavy (non-hydrogen) atoms. The molecule has 1 fully saturated rings. The Morgan fingerprint density at radius 3 is 2.62 bits per heavy atom. The number of nitrogens with zero attached hydrogens (tertiary/aromatic N) is 1. The first-order chi connectivity index (χ1) is 9.90. The van der Waals surface area contributed by atoms with Gasteiger partial charge in [0.2, 0.25) is 15.9 Å². The highest BCUT2D eigenvalue weighted by Gasteiger charge is 2.19. The van der Waals surface area contributed by atoms with Crippen molar-refractivity contribution < 1.29 is 13.2 Å². The highest BCUT2D eigenvalue weighted by Crippen LogP contribution is 2.22. The van der Waals surface area contributed by atoms with E-state index < -0.39 is 10.0 Å². The Morgan fingerprint density at radius 2 is 2.00 bits per heavy atom. The Labute approximate surface area is 132 Å². The number of sulfonamides is 1. The summed E-state index contributed by atoms with van der Waals surface area (Å²) in [7, 11) is -3.63. The minimum Gasteiger partial charge on any atom is -0.398 e. The summed E-state index contributed by atoms with van der Waals surface area (Å²) in [6.45, 7) is 1.65. The molecule has 0 bridgehead atoms. The topological polar surface area (TPSA) is 92.5 Å². The first-order valence-electron chi connectivity index (χ1n) is 6.72. The van der Waals surface area contributed by atoms with Crippen LogP contribution >= 0.6 is 15.9 Å². The van der Waals surface area contributed by atoms with Crippen molar-refractivity contribution >= 4 is 37.5 Å². The number of benzene rings is 1. The molecule has 1 aromatic rings. The van der Waals surface area contributed by atoms with Gasteiger partial charge >= 0.3 is 0 Å². The van der Waals surface area contributed by atoms with Gasteiger partial charge < -0.3 is 10.6 Å². The maximum absolute atomic E-state index is 12.1. The monoisotopic (exact) mass is 375 g/mol. The Balaban J connectivity index is 1.91. The third kappa shape index (κ3) is 4.18. The number of nitrogens with one attached hydrogen (secondary N) is 1. The Kier molecular flexibility index (Phi) is 5.23. The van der Waals surface area contributed by atoms with Crippen LogP contribution in [-0.2, 0) is 14.8 Å². The number of likely N-dealkylation sites (tertiary alicyclic amines) is 1. The van der Waals surface area contributed by atoms with Gasteiger partial charge in [0.05, 0.1) is 4.90 Å². The zero-order valence-corrected chi connectivity index (χ0v) is 13.9. The van der Waals surface area contributed by atoms with E-state index in [1.54, 1.807) is 4.90 Å². The van der Waals surface area contributed by atoms with E-state index in [-0.39, 0.29) is 23.8 Å². The molecule has 3 N–H and O–H groups in total. The number of anilines is 1. The van der Waals surface area contributed by atoms with Gasteiger partial charge in [-0.1, -0.05) is 0 Å². The molecule has 0 radical (unpaired) electrons. The Hall–Kier alpha value is -1.12. The summed E-state index contributed by atoms with van der Waals surface area (Å²) in [5, 5.41) is 0. The number of hydrogen-bond donors (Lipinski definition) is 2. The van der Waals surface area contributed by atoms with Gasteiger partial charge in [-0.3, -0.25) is 4.79 Å². The number of nitrogens with two attached hydrogens (primary N) is 1. The maximum atomic E-state index is 12.1. The second-order valence-corrected chi connectivity index (χ2v) is 7.54. The first-order valence-corrected chi connectivity index (χ1v) is 9.00. The van der Waals surface area contributed by atoms with Crippen molar-refractivity contribution in [2.45, 2.75) is 24.2 Å². The van der Waals surface area contributed by atoms with Crippen LogP contribution in [0.15, 0.2) is 27.6 Å². The van der Waals surface area contributed by atoms with Gasteiger partial charge in [0.1, 0.15) is 0 Å². The van der Waals surface area contributed by atoms with Crippen LogP contribution < -0.4 is 10.5 Å². The second kappa shape index (κ2) is 6.76. The molecule has 0 aliphatic carbocycles. The zero-order chi connectivity index (χ0) is 15.5. The smallest absolute Gasteiger partial charge is 0.240 e. The molecule has 1 aliphatic heterocycles. The van der Waals surface area contributed by atoms with E-state index in [9.17, 15) is 13.2 Å². The SMILES string of the molecule is Nc1ccc(S(=O)(=O)NCCC(=O)N2CCCC2)cc1Br. The average molecular weight is 376 g/mol. The molecule has 116 valence electrons. The van der Waals surface area contributed by atoms with Crippen molar-refractivity contribution in [2.75, 3.05) is 25.4 Å². The Morgan fingerprint density at radius 1 is 1.33 bits per heavy atom. The predicted molar refractivity (Wildman–Crippen MR) is 84.2 cm³/mol. The molecule has 1 aliphatic rings. The van der Waals surface area contributed by atoms with Crippen molar-refractivity contribution in [1.82, 2.24) is 9.62 Å². The van der Waals surface area contributed by atoms with E-state index in [1.165, 1.54) is 18.2 Å². The van der Waals surface area contributed by atoms with Gasteiger partial charge in [0.15, 0.2) is 0 Å². The van der Waals surface area contributed by atoms with Crippen LogP contribution in [0.5, 0.6) is 0 Å². The van der Waals surface area contributed by atoms with E-state index in [0.717, 1.165) is 25.9 Å². The highest BCUT2D eigenvalue weighted by molar-refractivity contribution is 9.10. The first kappa shape index (κ1) is 16.3. The molecule has 1 aromatic carbocycles. The van der Waals surface area contributed by atoms with E-state index in [1.807, 2.05) is 0 Å². The largest absolute Gasteiger partial charge is 0.398 e. The van der Waals surface area contributed by atoms with Crippen molar-refractivity contribution in [3.05, 3.63) is 22.7 Å². The number of hydrogen-bond acceptors (Lipinski definition) is 4. The van der Waals surface area contributed by atoms with Gasteiger partial charge in [-0.25, -0.2) is 13.1 Å². The van der Waals surface area contributed by atoms with Gasteiger partial charge in [-0.15, -0.1) is 0 Å². The molecule has 8 heteroatoms. The van der Waals surface area contributed by atoms with E-state index in [2.05, 4.69) is 20.7 Å². The lowest BCUT2D eigenvalue weighted by molar-refractivity contribution is -0.129. The predicted octanol–water partition coefficient (Wildman–Crippen LogP) is 1.32. The van der Waals surface area contributed by atoms with Crippen molar-refractivity contribution in [1.29, 1.82) is 0 Å². The van der Waals surface area contributed by atoms with Crippen LogP contribution in [0.4, 0.5) is 5.69 Å². The maximum Gasteiger partial charge on any atom is 0.240 e. The minimum absolute atomic E-state index is 0.00585. The number of carbonyl (C=O) groups is 1. The third-order valence-electron chi connectivity index (χ3n) is 3.37. The Bertz CT molecular complexity index is 628. The molecular weight excluding hydrogens is 358 g/mol. The quantitative estimate of drug-likeness (QED) is 0.759. The van der Waals surface area contributed by atoms with Gasteiger partial charge in [-0.05, 0) is 47.0 Å². The number of rotatable bonds is 5. The van der Waals surface area contributed by atoms with Crippen LogP contribution in [0.1, 0.15) is 19.3 Å². The molecule has 0 atom stereocenters. The van der Waals surface area contributed by atoms with Crippen LogP contribution in [0, 0.1) is 0 Å². The molecule has 1 amide bonds. The van der Waals surface area contributed by atoms with Crippen molar-refractivity contribution in [2.24, 2.45) is 0 Å². The fourth-order valence-corrected chi connectivity index (χ4v) is 3.76. The summed E-state index contributed by atoms with van der Waals surface area (Å²) in [6.07, 6.45) is 2.23. The summed E-state index contributed by atoms with van der Waals surface area (Å²) in [6, 6.07) is 4.40. The summed E-state index contributed by atoms with van der Waals surface area (Å²) in [5.74, 6) is -0.00585. The van der Waals surface area contributed by atoms with Crippen LogP contribution in [0.25, 0.3) is 0 Å². The van der Waals surface area contributed by atoms with E-state index in [0.29, 0.717) is 10.2 Å². The van der Waals surface area contributed by atoms with Crippen LogP contribution in [0.3, 0.4) is 0 Å². The lowest BCUT2D eigenvalue weighted by Crippen LogP contribution is -2.32. The fraction of sp³-hybridized carbons (Fsp3) is 0.462. The van der Waals surface area contributed by atoms with E-state index >= 15 is 0 Å². The molecule has 1 heterocycles. The second-order valence-electron chi connectivity index (χ2n) is 4.92. The molecule has 0 unspecified atom stereocenters. The minimum atomic E-state index is -3.63. The normalized spacial score (nSPS) is 15.4. The molecule has 6 nitrogen and oxygen atoms in total. The summed E-state index contributed by atoms with van der Waals surface area (Å²) in [4.78, 5) is 13.7. The molecule has 0 spiro atoms. The number of carbonyl (C=O) groups excluding carboxylic acids is 1. The number of nitrogen functional groups attached to an aromatic ring is 1. The van der Waals surface area contributed by atoms with Crippen LogP contribution in [-0.4, -0.2) is 38.9 Å². The van der Waals surface area contributed by atoms with Gasteiger partial charge in [0, 0.05) is 36.2 Å². The summed E-state index contributed by atoms with van der Waals surface area (Å²) in [5.41, 5.74) is 6.10. The molecular formula is C13H18BrN3O3S. The third-order valence-corrected chi connectivity index (χ3v) is 5.52. The van der Waals surface area contributed by atoms with Crippen molar-refractivity contribution in [3.8, 4) is 0 Å². The molecule has 1 saturated heterocycles. The highest BCUT2D eigenvalue weighted by atomic mass is 79.9. The molecule has 0 saturated carbocycles. The number of amides is 1. The molecule has 2 rings (SSSR count). The lowest BCUT2D eigenvalue weighted by atomic mass is 10.3. The molecule has 0 aromatic heterocycles. The van der Waals surface area contributed by atoms with Gasteiger partial charge in [0.25, 0.3) is 0 Å². The standard InChI is InChI=1S/C13H18BrN3O3S/c14-11-9-10(3-4-12(11)15)21(19,20)16-6-5-13(18)17-7-1-2-8-17/h3-4,9,16H,1-2,5-8,15H2. The van der Waals surface area contributed by atoms with E-state index in [4.69, 9.17) is 5.73 Å². The van der Waals surface area contributed by atoms with Crippen LogP contribution in [0.2, 0.25) is 0 Å².